The van der Waals surface area contributed by atoms with Crippen LogP contribution >= 0.6 is 0 Å². The summed E-state index contributed by atoms with van der Waals surface area (Å²) in [5.74, 6) is 1.55. The van der Waals surface area contributed by atoms with Gasteiger partial charge in [-0.25, -0.2) is 4.79 Å². The molecule has 0 saturated carbocycles. The van der Waals surface area contributed by atoms with Gasteiger partial charge in [-0.3, -0.25) is 0 Å². The van der Waals surface area contributed by atoms with Crippen molar-refractivity contribution in [2.75, 3.05) is 34.0 Å². The van der Waals surface area contributed by atoms with Crippen molar-refractivity contribution in [1.82, 2.24) is 4.90 Å². The number of likely N-dealkylation sites (tertiary alicyclic amines) is 1. The van der Waals surface area contributed by atoms with Crippen molar-refractivity contribution in [1.29, 1.82) is 0 Å². The van der Waals surface area contributed by atoms with E-state index in [9.17, 15) is 4.79 Å². The van der Waals surface area contributed by atoms with Crippen molar-refractivity contribution < 1.29 is 23.7 Å². The van der Waals surface area contributed by atoms with Crippen LogP contribution < -0.4 is 9.47 Å². The van der Waals surface area contributed by atoms with Gasteiger partial charge in [0.2, 0.25) is 0 Å². The average Bonchev–Trinajstić information content (AvgIpc) is 3.74. The Balaban J connectivity index is 1.16. The molecular weight excluding hydrogens is 586 g/mol. The van der Waals surface area contributed by atoms with Gasteiger partial charge in [-0.2, -0.15) is 0 Å². The number of methoxy groups -OCH3 is 2. The van der Waals surface area contributed by atoms with Gasteiger partial charge in [-0.1, -0.05) is 103 Å². The summed E-state index contributed by atoms with van der Waals surface area (Å²) in [6.45, 7) is 1.26. The van der Waals surface area contributed by atoms with Gasteiger partial charge >= 0.3 is 6.09 Å². The topological polar surface area (TPSA) is 57.2 Å². The normalized spacial score (nSPS) is 15.6. The zero-order valence-corrected chi connectivity index (χ0v) is 26.8. The summed E-state index contributed by atoms with van der Waals surface area (Å²) in [6.07, 6.45) is 1.43. The van der Waals surface area contributed by atoms with Crippen molar-refractivity contribution in [3.63, 3.8) is 0 Å². The number of hydrogen-bond acceptors (Lipinski definition) is 5. The molecule has 5 aromatic rings. The Morgan fingerprint density at radius 1 is 0.660 bits per heavy atom. The minimum atomic E-state index is -0.949. The molecule has 6 heteroatoms. The van der Waals surface area contributed by atoms with Crippen molar-refractivity contribution >= 4 is 6.09 Å². The fourth-order valence-electron chi connectivity index (χ4n) is 7.22. The van der Waals surface area contributed by atoms with E-state index in [4.69, 9.17) is 18.9 Å². The average molecular weight is 626 g/mol. The maximum Gasteiger partial charge on any atom is 0.410 e. The van der Waals surface area contributed by atoms with Crippen LogP contribution in [0.5, 0.6) is 11.5 Å². The molecule has 1 amide bonds. The lowest BCUT2D eigenvalue weighted by Gasteiger charge is -2.38. The number of hydrogen-bond donors (Lipinski definition) is 0. The number of carbonyl (C=O) groups excluding carboxylic acids is 1. The van der Waals surface area contributed by atoms with E-state index >= 15 is 0 Å². The first kappa shape index (κ1) is 30.6. The third-order valence-electron chi connectivity index (χ3n) is 9.61. The highest BCUT2D eigenvalue weighted by atomic mass is 16.6. The Morgan fingerprint density at radius 3 is 1.72 bits per heavy atom. The SMILES string of the molecule is COc1ccc(C(OCC2CCCN2C(=O)OCC2c3ccccc3-c3ccccc32)(c2ccccc2)c2ccc(OC)cc2)cc1. The second kappa shape index (κ2) is 13.3. The summed E-state index contributed by atoms with van der Waals surface area (Å²) in [4.78, 5) is 15.6. The van der Waals surface area contributed by atoms with Gasteiger partial charge in [0.1, 0.15) is 23.7 Å². The van der Waals surface area contributed by atoms with E-state index < -0.39 is 5.60 Å². The highest BCUT2D eigenvalue weighted by molar-refractivity contribution is 5.79. The zero-order chi connectivity index (χ0) is 32.2. The number of amides is 1. The molecule has 1 saturated heterocycles. The molecule has 0 bridgehead atoms. The summed E-state index contributed by atoms with van der Waals surface area (Å²) in [5.41, 5.74) is 6.79. The lowest BCUT2D eigenvalue weighted by atomic mass is 9.80. The molecule has 2 aliphatic rings. The van der Waals surface area contributed by atoms with E-state index in [0.29, 0.717) is 19.8 Å². The smallest absolute Gasteiger partial charge is 0.410 e. The highest BCUT2D eigenvalue weighted by Gasteiger charge is 2.41. The van der Waals surface area contributed by atoms with Gasteiger partial charge in [-0.15, -0.1) is 0 Å². The van der Waals surface area contributed by atoms with Gasteiger partial charge < -0.3 is 23.8 Å². The van der Waals surface area contributed by atoms with Crippen LogP contribution in [0.25, 0.3) is 11.1 Å². The second-order valence-corrected chi connectivity index (χ2v) is 12.1. The Morgan fingerprint density at radius 2 is 1.17 bits per heavy atom. The third-order valence-corrected chi connectivity index (χ3v) is 9.61. The zero-order valence-electron chi connectivity index (χ0n) is 26.8. The Kier molecular flexibility index (Phi) is 8.68. The monoisotopic (exact) mass is 625 g/mol. The predicted octanol–water partition coefficient (Wildman–Crippen LogP) is 8.43. The molecule has 1 atom stereocenters. The maximum absolute atomic E-state index is 13.7. The first-order valence-corrected chi connectivity index (χ1v) is 16.2. The number of carbonyl (C=O) groups is 1. The molecule has 0 aromatic heterocycles. The highest BCUT2D eigenvalue weighted by Crippen LogP contribution is 2.45. The molecule has 1 aliphatic carbocycles. The fraction of sp³-hybridized carbons (Fsp3) is 0.244. The number of nitrogens with zero attached hydrogens (tertiary/aromatic N) is 1. The summed E-state index contributed by atoms with van der Waals surface area (Å²) < 4.78 is 24.2. The minimum Gasteiger partial charge on any atom is -0.497 e. The number of rotatable bonds is 10. The van der Waals surface area contributed by atoms with Crippen LogP contribution in [0.3, 0.4) is 0 Å². The number of benzene rings is 5. The molecule has 0 N–H and O–H groups in total. The molecular formula is C41H39NO5. The molecule has 238 valence electrons. The van der Waals surface area contributed by atoms with E-state index in [0.717, 1.165) is 41.0 Å². The van der Waals surface area contributed by atoms with E-state index in [-0.39, 0.29) is 18.1 Å². The van der Waals surface area contributed by atoms with E-state index in [2.05, 4.69) is 60.7 Å². The van der Waals surface area contributed by atoms with Crippen LogP contribution in [0.2, 0.25) is 0 Å². The lowest BCUT2D eigenvalue weighted by Crippen LogP contribution is -2.42. The Bertz CT molecular complexity index is 1730. The number of fused-ring (bicyclic) bond motifs is 3. The van der Waals surface area contributed by atoms with Crippen LogP contribution in [-0.2, 0) is 15.1 Å². The third kappa shape index (κ3) is 5.74. The van der Waals surface area contributed by atoms with Gasteiger partial charge in [-0.05, 0) is 76.1 Å². The maximum atomic E-state index is 13.7. The van der Waals surface area contributed by atoms with Crippen molar-refractivity contribution in [3.8, 4) is 22.6 Å². The summed E-state index contributed by atoms with van der Waals surface area (Å²) in [7, 11) is 3.33. The van der Waals surface area contributed by atoms with Crippen molar-refractivity contribution in [3.05, 3.63) is 155 Å². The van der Waals surface area contributed by atoms with Gasteiger partial charge in [0.15, 0.2) is 0 Å². The molecule has 47 heavy (non-hydrogen) atoms. The Hall–Kier alpha value is -5.07. The van der Waals surface area contributed by atoms with Gasteiger partial charge in [0.05, 0.1) is 26.9 Å². The summed E-state index contributed by atoms with van der Waals surface area (Å²) in [6, 6.07) is 42.9. The van der Waals surface area contributed by atoms with Crippen LogP contribution in [0, 0.1) is 0 Å². The standard InChI is InChI=1S/C41H39NO5/c1-44-33-22-18-30(19-23-33)41(29-11-4-3-5-12-29,31-20-24-34(45-2)25-21-31)47-27-32-13-10-26-42(32)40(43)46-28-39-37-16-8-6-14-35(37)36-15-7-9-17-38(36)39/h3-9,11-12,14-25,32,39H,10,13,26-28H2,1-2H3. The van der Waals surface area contributed by atoms with Crippen LogP contribution in [-0.4, -0.2) is 51.0 Å². The molecule has 7 rings (SSSR count). The van der Waals surface area contributed by atoms with Crippen LogP contribution in [0.15, 0.2) is 127 Å². The molecule has 6 nitrogen and oxygen atoms in total. The molecule has 1 aliphatic heterocycles. The lowest BCUT2D eigenvalue weighted by molar-refractivity contribution is -0.0158. The predicted molar refractivity (Wildman–Crippen MR) is 183 cm³/mol. The van der Waals surface area contributed by atoms with Gasteiger partial charge in [0, 0.05) is 12.5 Å². The largest absolute Gasteiger partial charge is 0.497 e. The summed E-state index contributed by atoms with van der Waals surface area (Å²) >= 11 is 0. The fourth-order valence-corrected chi connectivity index (χ4v) is 7.22. The first-order chi connectivity index (χ1) is 23.1. The Labute approximate surface area is 276 Å². The summed E-state index contributed by atoms with van der Waals surface area (Å²) in [5, 5.41) is 0. The van der Waals surface area contributed by atoms with Crippen LogP contribution in [0.4, 0.5) is 4.79 Å². The molecule has 5 aromatic carbocycles. The first-order valence-electron chi connectivity index (χ1n) is 16.2. The molecule has 0 radical (unpaired) electrons. The second-order valence-electron chi connectivity index (χ2n) is 12.1. The van der Waals surface area contributed by atoms with E-state index in [1.54, 1.807) is 14.2 Å². The quantitative estimate of drug-likeness (QED) is 0.146. The van der Waals surface area contributed by atoms with E-state index in [1.165, 1.54) is 22.3 Å². The molecule has 0 spiro atoms. The molecule has 1 unspecified atom stereocenters. The van der Waals surface area contributed by atoms with E-state index in [1.807, 2.05) is 71.6 Å². The van der Waals surface area contributed by atoms with Crippen molar-refractivity contribution in [2.24, 2.45) is 0 Å². The van der Waals surface area contributed by atoms with Crippen molar-refractivity contribution in [2.45, 2.75) is 30.4 Å². The van der Waals surface area contributed by atoms with Gasteiger partial charge in [0.25, 0.3) is 0 Å². The molecule has 1 fully saturated rings. The van der Waals surface area contributed by atoms with Crippen LogP contribution in [0.1, 0.15) is 46.6 Å². The molecule has 1 heterocycles. The minimum absolute atomic E-state index is 0.0135. The number of ether oxygens (including phenoxy) is 4.